The van der Waals surface area contributed by atoms with Crippen LogP contribution in [0.25, 0.3) is 10.9 Å². The number of carboxylic acid groups (broad SMARTS) is 2. The first kappa shape index (κ1) is 55.7. The van der Waals surface area contributed by atoms with Crippen LogP contribution in [0.2, 0.25) is 0 Å². The van der Waals surface area contributed by atoms with E-state index < -0.39 is 121 Å². The number of rotatable bonds is 12. The summed E-state index contributed by atoms with van der Waals surface area (Å²) in [6.45, 7) is 4.99. The molecule has 6 rings (SSSR count). The second-order valence-corrected chi connectivity index (χ2v) is 18.1. The van der Waals surface area contributed by atoms with E-state index in [-0.39, 0.29) is 91.0 Å². The van der Waals surface area contributed by atoms with E-state index in [1.165, 1.54) is 4.90 Å². The second kappa shape index (κ2) is 26.2. The van der Waals surface area contributed by atoms with Gasteiger partial charge in [-0.05, 0) is 53.4 Å². The molecule has 2 saturated heterocycles. The number of carboxylic acids is 2. The van der Waals surface area contributed by atoms with Crippen molar-refractivity contribution in [1.29, 1.82) is 0 Å². The van der Waals surface area contributed by atoms with Crippen molar-refractivity contribution in [3.63, 3.8) is 0 Å². The molecule has 0 saturated carbocycles. The smallest absolute Gasteiger partial charge is 0.550 e. The van der Waals surface area contributed by atoms with Gasteiger partial charge in [0.05, 0.1) is 23.9 Å². The summed E-state index contributed by atoms with van der Waals surface area (Å²) >= 11 is 1.14. The molecule has 5 N–H and O–H groups in total. The average molecular weight is 970 g/mol. The number of benzene rings is 2. The molecule has 0 aliphatic carbocycles. The first-order chi connectivity index (χ1) is 31.5. The minimum absolute atomic E-state index is 0. The molecule has 2 aromatic carbocycles. The van der Waals surface area contributed by atoms with Gasteiger partial charge < -0.3 is 55.9 Å². The Morgan fingerprint density at radius 2 is 1.24 bits per heavy atom. The summed E-state index contributed by atoms with van der Waals surface area (Å²) in [6, 6.07) is 15.4. The zero-order chi connectivity index (χ0) is 47.5. The monoisotopic (exact) mass is 969 g/mol. The molecule has 2 aliphatic heterocycles. The number of hydrogen-bond acceptors (Lipinski definition) is 13. The van der Waals surface area contributed by atoms with Gasteiger partial charge in [-0.3, -0.25) is 33.6 Å². The van der Waals surface area contributed by atoms with Crippen LogP contribution in [0.5, 0.6) is 0 Å². The zero-order valence-corrected chi connectivity index (χ0v) is 43.4. The number of H-pyrrole nitrogens is 1. The normalized spacial score (nSPS) is 22.4. The maximum atomic E-state index is 14.3. The summed E-state index contributed by atoms with van der Waals surface area (Å²) < 4.78 is 0. The number of para-hydroxylation sites is 2. The number of aromatic nitrogens is 1. The molecule has 4 heterocycles. The van der Waals surface area contributed by atoms with Crippen molar-refractivity contribution < 1.29 is 112 Å². The largest absolute Gasteiger partial charge is 1.00 e. The third kappa shape index (κ3) is 15.6. The summed E-state index contributed by atoms with van der Waals surface area (Å²) in [5.41, 5.74) is 2.16. The molecule has 4 aromatic rings. The number of nitrogens with zero attached hydrogens (tertiary/aromatic N) is 2. The van der Waals surface area contributed by atoms with E-state index in [1.54, 1.807) is 43.5 Å². The molecule has 2 aliphatic rings. The Morgan fingerprint density at radius 1 is 0.662 bits per heavy atom. The number of anilines is 1. The van der Waals surface area contributed by atoms with E-state index in [2.05, 4.69) is 31.2 Å². The molecule has 0 spiro atoms. The van der Waals surface area contributed by atoms with Crippen LogP contribution in [0.3, 0.4) is 0 Å². The Kier molecular flexibility index (Phi) is 21.5. The van der Waals surface area contributed by atoms with Crippen molar-refractivity contribution in [3.05, 3.63) is 88.7 Å². The van der Waals surface area contributed by atoms with E-state index in [0.717, 1.165) is 27.9 Å². The van der Waals surface area contributed by atoms with Gasteiger partial charge in [-0.25, -0.2) is 0 Å². The third-order valence-corrected chi connectivity index (χ3v) is 12.7. The van der Waals surface area contributed by atoms with E-state index in [1.807, 2.05) is 48.5 Å². The van der Waals surface area contributed by atoms with Gasteiger partial charge >= 0.3 is 59.1 Å². The Morgan fingerprint density at radius 3 is 1.84 bits per heavy atom. The number of piperazine rings is 1. The van der Waals surface area contributed by atoms with Crippen molar-refractivity contribution >= 4 is 81.0 Å². The number of carbonyl (C=O) groups is 9. The molecule has 0 unspecified atom stereocenters. The average Bonchev–Trinajstić information content (AvgIpc) is 3.97. The van der Waals surface area contributed by atoms with Crippen LogP contribution >= 0.6 is 11.3 Å². The van der Waals surface area contributed by atoms with Gasteiger partial charge in [-0.2, -0.15) is 0 Å². The van der Waals surface area contributed by atoms with E-state index in [4.69, 9.17) is 0 Å². The Hall–Kier alpha value is -4.89. The molecule has 5 amide bonds. The Bertz CT molecular complexity index is 2390. The number of Topliss-reactive ketones (excluding diaryl/α,β-unsaturated/α-hetero) is 2. The summed E-state index contributed by atoms with van der Waals surface area (Å²) in [7, 11) is 0. The maximum Gasteiger partial charge on any atom is 1.00 e. The first-order valence-electron chi connectivity index (χ1n) is 21.9. The number of hydrogen-bond donors (Lipinski definition) is 5. The predicted octanol–water partition coefficient (Wildman–Crippen LogP) is -5.88. The van der Waals surface area contributed by atoms with Crippen molar-refractivity contribution in [2.75, 3.05) is 31.1 Å². The van der Waals surface area contributed by atoms with Crippen LogP contribution < -0.4 is 95.5 Å². The van der Waals surface area contributed by atoms with Gasteiger partial charge in [0.15, 0.2) is 11.6 Å². The van der Waals surface area contributed by atoms with Crippen LogP contribution in [0.4, 0.5) is 5.69 Å². The molecular formula is C47H53N7Na2O11S. The van der Waals surface area contributed by atoms with Crippen molar-refractivity contribution in [3.8, 4) is 0 Å². The van der Waals surface area contributed by atoms with E-state index >= 15 is 0 Å². The fraction of sp³-hybridized carbons (Fsp3) is 0.426. The number of fused-ring (bicyclic) bond motifs is 1. The van der Waals surface area contributed by atoms with Gasteiger partial charge in [0, 0.05) is 98.4 Å². The molecule has 6 atom stereocenters. The van der Waals surface area contributed by atoms with Crippen LogP contribution in [-0.4, -0.2) is 113 Å². The summed E-state index contributed by atoms with van der Waals surface area (Å²) in [6.07, 6.45) is -4.26. The number of carbonyl (C=O) groups excluding carboxylic acids is 9. The number of amides is 5. The Labute approximate surface area is 441 Å². The topological polar surface area (TPSA) is 270 Å². The molecule has 68 heavy (non-hydrogen) atoms. The molecule has 350 valence electrons. The molecule has 18 nitrogen and oxygen atoms in total. The Balaban J connectivity index is 0.00000504. The van der Waals surface area contributed by atoms with Crippen molar-refractivity contribution in [2.24, 2.45) is 11.8 Å². The van der Waals surface area contributed by atoms with Crippen LogP contribution in [0, 0.1) is 11.8 Å². The van der Waals surface area contributed by atoms with Gasteiger partial charge in [0.25, 0.3) is 0 Å². The fourth-order valence-corrected chi connectivity index (χ4v) is 9.12. The predicted molar refractivity (Wildman–Crippen MR) is 238 cm³/mol. The number of ketones is 2. The van der Waals surface area contributed by atoms with E-state index in [9.17, 15) is 53.4 Å². The summed E-state index contributed by atoms with van der Waals surface area (Å²) in [4.78, 5) is 131. The standard InChI is InChI=1S/C47H55N7O11S.2Na/c1-27(2)19-36-46(64)52-37(23-30-20-28-9-6-7-12-33(28)48-30)47(65)50-34(25-42(58)59)38(55)21-29(22-41(57)54-16-14-53(15-17-54)31-10-4-3-5-11-31)44(62)49-35(26-43(60)61)39(56)24-32(45(63)51-36)40-13-8-18-66-40;;/h3-13,18,20,27,29,32,34-37,48H,14-17,19,21-26H2,1-2H3,(H,49,62)(H,50,65)(H,51,63)(H,52,64)(H,58,59)(H,60,61);;/q;2*+1/p-2/t29-,32+,34+,35-,36-,37+;;/m0../s1. The van der Waals surface area contributed by atoms with Gasteiger partial charge in [0.2, 0.25) is 29.5 Å². The molecule has 0 bridgehead atoms. The number of nitrogens with one attached hydrogen (secondary N) is 5. The fourth-order valence-electron chi connectivity index (χ4n) is 8.30. The molecule has 21 heteroatoms. The van der Waals surface area contributed by atoms with Crippen molar-refractivity contribution in [1.82, 2.24) is 31.2 Å². The van der Waals surface area contributed by atoms with Gasteiger partial charge in [0.1, 0.15) is 12.1 Å². The SMILES string of the molecule is CC(C)C[C@@H]1NC(=O)[C@@H](c2cccs2)CC(=O)[C@H](CC(=O)[O-])NC(=O)[C@H](CC(=O)N2CCN(c3ccccc3)CC2)CC(=O)[C@@H](CC(=O)[O-])NC(=O)[C@@H](Cc2cc3ccccc3[nH]2)NC1=O.[Na+].[Na+]. The zero-order valence-electron chi connectivity index (χ0n) is 38.6. The molecule has 0 radical (unpaired) electrons. The van der Waals surface area contributed by atoms with Gasteiger partial charge in [-0.15, -0.1) is 11.3 Å². The minimum Gasteiger partial charge on any atom is -0.550 e. The number of thiophene rings is 1. The quantitative estimate of drug-likeness (QED) is 0.0832. The second-order valence-electron chi connectivity index (χ2n) is 17.1. The number of aliphatic carboxylic acids is 2. The molecule has 2 fully saturated rings. The maximum absolute atomic E-state index is 14.3. The van der Waals surface area contributed by atoms with Gasteiger partial charge in [-0.1, -0.05) is 56.3 Å². The summed E-state index contributed by atoms with van der Waals surface area (Å²) in [5.74, 6) is -12.5. The van der Waals surface area contributed by atoms with Crippen LogP contribution in [-0.2, 0) is 49.6 Å². The van der Waals surface area contributed by atoms with Crippen molar-refractivity contribution in [2.45, 2.75) is 88.9 Å². The van der Waals surface area contributed by atoms with E-state index in [0.29, 0.717) is 23.7 Å². The van der Waals surface area contributed by atoms with Crippen LogP contribution in [0.1, 0.15) is 68.9 Å². The number of aromatic amines is 1. The minimum atomic E-state index is -1.83. The molecule has 2 aromatic heterocycles. The first-order valence-corrected chi connectivity index (χ1v) is 22.8. The third-order valence-electron chi connectivity index (χ3n) is 11.7. The molecular weight excluding hydrogens is 917 g/mol. The summed E-state index contributed by atoms with van der Waals surface area (Å²) in [5, 5.41) is 36.9. The van der Waals surface area contributed by atoms with Crippen LogP contribution in [0.15, 0.2) is 78.2 Å².